The van der Waals surface area contributed by atoms with Gasteiger partial charge >= 0.3 is 0 Å². The number of alkyl halides is 1. The minimum absolute atomic E-state index is 0.493. The van der Waals surface area contributed by atoms with Crippen LogP contribution in [0.2, 0.25) is 0 Å². The van der Waals surface area contributed by atoms with Crippen LogP contribution in [0.4, 0.5) is 4.39 Å². The highest BCUT2D eigenvalue weighted by Crippen LogP contribution is 2.30. The lowest BCUT2D eigenvalue weighted by molar-refractivity contribution is 0.142. The number of nitrogens with zero attached hydrogens (tertiary/aromatic N) is 1. The molecule has 1 unspecified atom stereocenters. The summed E-state index contributed by atoms with van der Waals surface area (Å²) in [5.41, 5.74) is 1.76. The Morgan fingerprint density at radius 3 is 2.52 bits per heavy atom. The lowest BCUT2D eigenvalue weighted by Crippen LogP contribution is -2.29. The first-order valence-electron chi connectivity index (χ1n) is 8.43. The van der Waals surface area contributed by atoms with Crippen molar-refractivity contribution in [1.29, 1.82) is 0 Å². The van der Waals surface area contributed by atoms with Gasteiger partial charge in [-0.2, -0.15) is 0 Å². The zero-order valence-electron chi connectivity index (χ0n) is 14.1. The fraction of sp³-hybridized carbons (Fsp3) is 0.684. The highest BCUT2D eigenvalue weighted by Gasteiger charge is 2.31. The second-order valence-electron chi connectivity index (χ2n) is 6.21. The molecule has 1 atom stereocenters. The van der Waals surface area contributed by atoms with E-state index in [1.807, 2.05) is 0 Å². The number of hydrogen-bond donors (Lipinski definition) is 0. The molecule has 0 spiro atoms. The second kappa shape index (κ2) is 9.19. The van der Waals surface area contributed by atoms with Crippen LogP contribution in [0.25, 0.3) is 0 Å². The lowest BCUT2D eigenvalue weighted by atomic mass is 9.93. The molecule has 1 fully saturated rings. The summed E-state index contributed by atoms with van der Waals surface area (Å²) in [6, 6.07) is 0. The van der Waals surface area contributed by atoms with E-state index in [-0.39, 0.29) is 0 Å². The first-order chi connectivity index (χ1) is 10.0. The molecule has 0 aromatic rings. The van der Waals surface area contributed by atoms with Gasteiger partial charge in [0.05, 0.1) is 0 Å². The van der Waals surface area contributed by atoms with Crippen LogP contribution in [-0.2, 0) is 0 Å². The van der Waals surface area contributed by atoms with E-state index in [9.17, 15) is 4.39 Å². The van der Waals surface area contributed by atoms with E-state index in [2.05, 4.69) is 44.4 Å². The Kier molecular flexibility index (Phi) is 7.95. The van der Waals surface area contributed by atoms with Gasteiger partial charge < -0.3 is 0 Å². The Morgan fingerprint density at radius 2 is 1.90 bits per heavy atom. The summed E-state index contributed by atoms with van der Waals surface area (Å²) in [6.45, 7) is 13.1. The molecule has 0 bridgehead atoms. The summed E-state index contributed by atoms with van der Waals surface area (Å²) in [5.74, 6) is 0. The van der Waals surface area contributed by atoms with Crippen molar-refractivity contribution >= 4 is 0 Å². The molecule has 0 aliphatic carbocycles. The van der Waals surface area contributed by atoms with Crippen LogP contribution in [0.5, 0.6) is 0 Å². The summed E-state index contributed by atoms with van der Waals surface area (Å²) in [5, 5.41) is 0. The Hall–Kier alpha value is -0.890. The molecule has 1 aliphatic rings. The number of likely N-dealkylation sites (tertiary alicyclic amines) is 1. The third-order valence-electron chi connectivity index (χ3n) is 4.35. The molecule has 0 amide bonds. The van der Waals surface area contributed by atoms with E-state index >= 15 is 0 Å². The molecule has 0 saturated carbocycles. The van der Waals surface area contributed by atoms with Crippen LogP contribution in [0.1, 0.15) is 59.3 Å². The van der Waals surface area contributed by atoms with Crippen LogP contribution in [0, 0.1) is 0 Å². The normalized spacial score (nSPS) is 25.7. The average Bonchev–Trinajstić information content (AvgIpc) is 2.61. The molecule has 0 N–H and O–H groups in total. The van der Waals surface area contributed by atoms with Gasteiger partial charge in [0.25, 0.3) is 0 Å². The van der Waals surface area contributed by atoms with Crippen LogP contribution in [-0.4, -0.2) is 30.2 Å². The summed E-state index contributed by atoms with van der Waals surface area (Å²) in [4.78, 5) is 2.42. The van der Waals surface area contributed by atoms with Crippen molar-refractivity contribution in [3.05, 3.63) is 36.0 Å². The van der Waals surface area contributed by atoms with Gasteiger partial charge in [0.1, 0.15) is 5.67 Å². The van der Waals surface area contributed by atoms with E-state index in [1.54, 1.807) is 6.08 Å². The van der Waals surface area contributed by atoms with Gasteiger partial charge in [0, 0.05) is 13.1 Å². The summed E-state index contributed by atoms with van der Waals surface area (Å²) in [7, 11) is 0. The summed E-state index contributed by atoms with van der Waals surface area (Å²) < 4.78 is 14.6. The molecule has 21 heavy (non-hydrogen) atoms. The Balaban J connectivity index is 2.67. The molecule has 1 heterocycles. The van der Waals surface area contributed by atoms with Crippen molar-refractivity contribution in [1.82, 2.24) is 4.90 Å². The monoisotopic (exact) mass is 293 g/mol. The smallest absolute Gasteiger partial charge is 0.115 e. The van der Waals surface area contributed by atoms with Gasteiger partial charge in [-0.1, -0.05) is 37.6 Å². The predicted molar refractivity (Wildman–Crippen MR) is 91.4 cm³/mol. The van der Waals surface area contributed by atoms with Crippen molar-refractivity contribution in [2.75, 3.05) is 19.6 Å². The van der Waals surface area contributed by atoms with Gasteiger partial charge in [0.2, 0.25) is 0 Å². The molecule has 0 aromatic heterocycles. The topological polar surface area (TPSA) is 3.24 Å². The highest BCUT2D eigenvalue weighted by atomic mass is 19.1. The average molecular weight is 293 g/mol. The number of rotatable bonds is 7. The van der Waals surface area contributed by atoms with Crippen molar-refractivity contribution in [3.8, 4) is 0 Å². The van der Waals surface area contributed by atoms with E-state index in [4.69, 9.17) is 0 Å². The lowest BCUT2D eigenvalue weighted by Gasteiger charge is -2.24. The number of allylic oxidation sites excluding steroid dienone is 3. The third kappa shape index (κ3) is 6.17. The molecule has 2 heteroatoms. The van der Waals surface area contributed by atoms with E-state index in [1.165, 1.54) is 11.1 Å². The number of halogens is 1. The minimum atomic E-state index is -1.03. The van der Waals surface area contributed by atoms with Crippen molar-refractivity contribution in [3.63, 3.8) is 0 Å². The van der Waals surface area contributed by atoms with Crippen LogP contribution < -0.4 is 0 Å². The molecule has 1 nitrogen and oxygen atoms in total. The van der Waals surface area contributed by atoms with E-state index in [0.29, 0.717) is 19.3 Å². The van der Waals surface area contributed by atoms with Gasteiger partial charge in [-0.25, -0.2) is 4.39 Å². The molecule has 1 aliphatic heterocycles. The third-order valence-corrected chi connectivity index (χ3v) is 4.35. The maximum atomic E-state index is 14.6. The van der Waals surface area contributed by atoms with Gasteiger partial charge in [-0.15, -0.1) is 6.58 Å². The second-order valence-corrected chi connectivity index (χ2v) is 6.21. The fourth-order valence-electron chi connectivity index (χ4n) is 3.11. The first-order valence-corrected chi connectivity index (χ1v) is 8.43. The largest absolute Gasteiger partial charge is 0.299 e. The van der Waals surface area contributed by atoms with Crippen molar-refractivity contribution in [2.24, 2.45) is 0 Å². The molecular formula is C19H32FN. The molecule has 0 aromatic carbocycles. The maximum Gasteiger partial charge on any atom is 0.115 e. The summed E-state index contributed by atoms with van der Waals surface area (Å²) >= 11 is 0. The fourth-order valence-corrected chi connectivity index (χ4v) is 3.11. The highest BCUT2D eigenvalue weighted by molar-refractivity contribution is 5.30. The Labute approximate surface area is 130 Å². The van der Waals surface area contributed by atoms with Crippen LogP contribution in [0.15, 0.2) is 36.0 Å². The predicted octanol–water partition coefficient (Wildman–Crippen LogP) is 5.45. The SMILES string of the molecule is C=CCC1(F)CCCN(CC(=C/CC)/C(C)=C\CC)CC1. The quantitative estimate of drug-likeness (QED) is 0.445. The molecule has 120 valence electrons. The van der Waals surface area contributed by atoms with Gasteiger partial charge in [-0.05, 0) is 57.6 Å². The zero-order valence-corrected chi connectivity index (χ0v) is 14.1. The zero-order chi connectivity index (χ0) is 15.7. The van der Waals surface area contributed by atoms with Crippen LogP contribution in [0.3, 0.4) is 0 Å². The summed E-state index contributed by atoms with van der Waals surface area (Å²) in [6.07, 6.45) is 11.2. The first kappa shape index (κ1) is 18.2. The molecule has 1 saturated heterocycles. The maximum absolute atomic E-state index is 14.6. The Bertz CT molecular complexity index is 383. The Morgan fingerprint density at radius 1 is 1.19 bits per heavy atom. The molecule has 0 radical (unpaired) electrons. The molecule has 1 rings (SSSR count). The van der Waals surface area contributed by atoms with Gasteiger partial charge in [0.15, 0.2) is 0 Å². The standard InChI is InChI=1S/C19H32FN/c1-5-9-17(4)18(10-6-2)16-21-14-8-12-19(20,11-7-3)13-15-21/h7,9-10H,3,5-6,8,11-16H2,1-2,4H3/b17-9-,18-10-. The minimum Gasteiger partial charge on any atom is -0.299 e. The van der Waals surface area contributed by atoms with E-state index in [0.717, 1.165) is 38.9 Å². The molecular weight excluding hydrogens is 261 g/mol. The van der Waals surface area contributed by atoms with Crippen molar-refractivity contribution < 1.29 is 4.39 Å². The van der Waals surface area contributed by atoms with Gasteiger partial charge in [-0.3, -0.25) is 4.90 Å². The van der Waals surface area contributed by atoms with E-state index < -0.39 is 5.67 Å². The van der Waals surface area contributed by atoms with Crippen molar-refractivity contribution in [2.45, 2.75) is 65.0 Å². The van der Waals surface area contributed by atoms with Crippen LogP contribution >= 0.6 is 0 Å². The number of hydrogen-bond acceptors (Lipinski definition) is 1.